The maximum atomic E-state index is 15.4. The number of ether oxygens (including phenoxy) is 1. The summed E-state index contributed by atoms with van der Waals surface area (Å²) in [6.45, 7) is 5.13. The van der Waals surface area contributed by atoms with Crippen LogP contribution in [0.1, 0.15) is 61.8 Å². The van der Waals surface area contributed by atoms with Gasteiger partial charge in [-0.15, -0.1) is 0 Å². The molecule has 1 aliphatic heterocycles. The van der Waals surface area contributed by atoms with Crippen molar-refractivity contribution < 1.29 is 27.1 Å². The number of carbonyl (C=O) groups is 2. The van der Waals surface area contributed by atoms with Crippen LogP contribution in [0, 0.1) is 5.82 Å². The zero-order valence-electron chi connectivity index (χ0n) is 28.2. The standard InChI is InChI=1S/C35H45ClFN5O6S/c1-22(2)42-20-24(12-17-31(42)43)32(23-10-13-25(36)14-11-23)33(40-35(45)48-4)34(44)39-30-9-5-8-29(37)28(30)16-15-26-21-41(3)27(19-38-26)7-6-18-49(46)47/h5,8-14,17,20,22,26-27,32-33,38,49H,6-7,15-16,18-19,21H2,1-4H3,(H,39,44)(H,40,45)/t26?,27?,32-,33-/m0/s1. The first kappa shape index (κ1) is 38.0. The van der Waals surface area contributed by atoms with E-state index in [9.17, 15) is 22.8 Å². The Morgan fingerprint density at radius 1 is 1.08 bits per heavy atom. The lowest BCUT2D eigenvalue weighted by molar-refractivity contribution is -0.118. The minimum Gasteiger partial charge on any atom is -0.453 e. The highest BCUT2D eigenvalue weighted by atomic mass is 35.5. The van der Waals surface area contributed by atoms with Crippen LogP contribution in [-0.2, 0) is 26.7 Å². The molecule has 0 bridgehead atoms. The van der Waals surface area contributed by atoms with Crippen molar-refractivity contribution >= 4 is 40.0 Å². The lowest BCUT2D eigenvalue weighted by Crippen LogP contribution is -2.55. The van der Waals surface area contributed by atoms with Gasteiger partial charge in [-0.1, -0.05) is 35.9 Å². The molecule has 2 amide bonds. The fourth-order valence-corrected chi connectivity index (χ4v) is 6.86. The largest absolute Gasteiger partial charge is 0.453 e. The second-order valence-corrected chi connectivity index (χ2v) is 14.2. The first-order valence-electron chi connectivity index (χ1n) is 16.3. The number of rotatable bonds is 14. The van der Waals surface area contributed by atoms with Crippen LogP contribution in [0.2, 0.25) is 5.02 Å². The Bertz CT molecular complexity index is 1730. The predicted octanol–water partition coefficient (Wildman–Crippen LogP) is 4.31. The van der Waals surface area contributed by atoms with Crippen LogP contribution < -0.4 is 21.5 Å². The van der Waals surface area contributed by atoms with Crippen molar-refractivity contribution in [2.45, 2.75) is 69.6 Å². The number of hydrogen-bond donors (Lipinski definition) is 4. The number of nitrogens with zero attached hydrogens (tertiary/aromatic N) is 2. The Morgan fingerprint density at radius 3 is 2.45 bits per heavy atom. The van der Waals surface area contributed by atoms with Crippen molar-refractivity contribution in [3.8, 4) is 0 Å². The van der Waals surface area contributed by atoms with Crippen molar-refractivity contribution in [3.63, 3.8) is 0 Å². The summed E-state index contributed by atoms with van der Waals surface area (Å²) in [5, 5.41) is 9.53. The van der Waals surface area contributed by atoms with Gasteiger partial charge in [0.25, 0.3) is 5.56 Å². The number of aromatic nitrogens is 1. The Hall–Kier alpha value is -3.78. The summed E-state index contributed by atoms with van der Waals surface area (Å²) in [6.07, 6.45) is 3.10. The molecule has 2 unspecified atom stereocenters. The molecule has 1 saturated heterocycles. The number of pyridine rings is 1. The molecule has 1 fully saturated rings. The first-order valence-corrected chi connectivity index (χ1v) is 18.1. The Balaban J connectivity index is 1.60. The molecule has 0 saturated carbocycles. The fourth-order valence-electron chi connectivity index (χ4n) is 6.29. The van der Waals surface area contributed by atoms with E-state index in [1.54, 1.807) is 47.2 Å². The van der Waals surface area contributed by atoms with Gasteiger partial charge in [0.15, 0.2) is 0 Å². The summed E-state index contributed by atoms with van der Waals surface area (Å²) in [4.78, 5) is 41.7. The topological polar surface area (TPSA) is 139 Å². The Morgan fingerprint density at radius 2 is 1.80 bits per heavy atom. The Kier molecular flexibility index (Phi) is 13.8. The van der Waals surface area contributed by atoms with Gasteiger partial charge in [0, 0.05) is 71.4 Å². The van der Waals surface area contributed by atoms with E-state index in [4.69, 9.17) is 16.3 Å². The number of benzene rings is 2. The number of likely N-dealkylation sites (N-methyl/N-ethyl adjacent to an activating group) is 1. The molecule has 2 aromatic carbocycles. The van der Waals surface area contributed by atoms with Crippen molar-refractivity contribution in [2.75, 3.05) is 38.3 Å². The van der Waals surface area contributed by atoms with Gasteiger partial charge in [-0.25, -0.2) is 17.6 Å². The van der Waals surface area contributed by atoms with Crippen molar-refractivity contribution in [3.05, 3.63) is 98.7 Å². The van der Waals surface area contributed by atoms with E-state index in [0.717, 1.165) is 6.42 Å². The average molecular weight is 718 g/mol. The lowest BCUT2D eigenvalue weighted by atomic mass is 9.85. The van der Waals surface area contributed by atoms with Crippen molar-refractivity contribution in [2.24, 2.45) is 0 Å². The van der Waals surface area contributed by atoms with E-state index in [2.05, 4.69) is 20.9 Å². The van der Waals surface area contributed by atoms with E-state index >= 15 is 4.39 Å². The normalized spacial score (nSPS) is 17.9. The van der Waals surface area contributed by atoms with Gasteiger partial charge in [-0.2, -0.15) is 0 Å². The summed E-state index contributed by atoms with van der Waals surface area (Å²) >= 11 is 6.19. The molecule has 1 aliphatic rings. The maximum Gasteiger partial charge on any atom is 0.407 e. The maximum absolute atomic E-state index is 15.4. The molecule has 3 N–H and O–H groups in total. The molecule has 2 heterocycles. The van der Waals surface area contributed by atoms with E-state index in [1.807, 2.05) is 20.9 Å². The van der Waals surface area contributed by atoms with Crippen molar-refractivity contribution in [1.82, 2.24) is 20.1 Å². The number of methoxy groups -OCH3 is 1. The molecule has 266 valence electrons. The molecule has 3 aromatic rings. The molecular formula is C35H45ClFN5O6S. The predicted molar refractivity (Wildman–Crippen MR) is 190 cm³/mol. The molecule has 0 spiro atoms. The third kappa shape index (κ3) is 10.4. The number of halogens is 2. The third-order valence-corrected chi connectivity index (χ3v) is 9.88. The van der Waals surface area contributed by atoms with Crippen LogP contribution in [-0.4, -0.2) is 81.0 Å². The number of carbonyl (C=O) groups excluding carboxylic acids is 2. The van der Waals surface area contributed by atoms with Crippen LogP contribution in [0.4, 0.5) is 14.9 Å². The van der Waals surface area contributed by atoms with Gasteiger partial charge in [-0.3, -0.25) is 9.59 Å². The van der Waals surface area contributed by atoms with Gasteiger partial charge >= 0.3 is 6.09 Å². The highest BCUT2D eigenvalue weighted by Gasteiger charge is 2.34. The number of anilines is 1. The molecular weight excluding hydrogens is 673 g/mol. The van der Waals surface area contributed by atoms with Crippen LogP contribution in [0.3, 0.4) is 0 Å². The number of piperazine rings is 1. The van der Waals surface area contributed by atoms with Gasteiger partial charge in [0.05, 0.1) is 7.11 Å². The smallest absolute Gasteiger partial charge is 0.407 e. The second-order valence-electron chi connectivity index (χ2n) is 12.6. The van der Waals surface area contributed by atoms with Crippen molar-refractivity contribution in [1.29, 1.82) is 0 Å². The van der Waals surface area contributed by atoms with E-state index in [1.165, 1.54) is 25.3 Å². The summed E-state index contributed by atoms with van der Waals surface area (Å²) in [7, 11) is 0.810. The summed E-state index contributed by atoms with van der Waals surface area (Å²) in [5.41, 5.74) is 1.61. The Labute approximate surface area is 293 Å². The summed E-state index contributed by atoms with van der Waals surface area (Å²) in [6, 6.07) is 13.2. The van der Waals surface area contributed by atoms with E-state index in [-0.39, 0.29) is 35.1 Å². The minimum absolute atomic E-state index is 0.0558. The number of thiol groups is 1. The third-order valence-electron chi connectivity index (χ3n) is 8.95. The molecule has 1 aromatic heterocycles. The van der Waals surface area contributed by atoms with Gasteiger partial charge in [-0.05, 0) is 82.0 Å². The first-order chi connectivity index (χ1) is 23.4. The minimum atomic E-state index is -2.39. The van der Waals surface area contributed by atoms with E-state index < -0.39 is 40.5 Å². The summed E-state index contributed by atoms with van der Waals surface area (Å²) < 4.78 is 43.7. The molecule has 4 atom stereocenters. The summed E-state index contributed by atoms with van der Waals surface area (Å²) in [5.74, 6) is -1.70. The number of hydrogen-bond acceptors (Lipinski definition) is 8. The van der Waals surface area contributed by atoms with Crippen LogP contribution in [0.15, 0.2) is 65.6 Å². The number of nitrogens with one attached hydrogen (secondary N) is 3. The second kappa shape index (κ2) is 17.7. The fraction of sp³-hybridized carbons (Fsp3) is 0.457. The molecule has 49 heavy (non-hydrogen) atoms. The van der Waals surface area contributed by atoms with Gasteiger partial charge in [0.1, 0.15) is 22.6 Å². The molecule has 4 rings (SSSR count). The molecule has 14 heteroatoms. The quantitative estimate of drug-likeness (QED) is 0.181. The number of alkyl carbamates (subject to hydrolysis) is 1. The average Bonchev–Trinajstić information content (AvgIpc) is 3.06. The highest BCUT2D eigenvalue weighted by Crippen LogP contribution is 2.31. The molecule has 0 aliphatic carbocycles. The monoisotopic (exact) mass is 717 g/mol. The zero-order chi connectivity index (χ0) is 35.7. The van der Waals surface area contributed by atoms with Crippen LogP contribution >= 0.6 is 11.6 Å². The molecule has 11 nitrogen and oxygen atoms in total. The zero-order valence-corrected chi connectivity index (χ0v) is 29.8. The van der Waals surface area contributed by atoms with Gasteiger partial charge in [0.2, 0.25) is 5.91 Å². The van der Waals surface area contributed by atoms with Gasteiger partial charge < -0.3 is 30.2 Å². The molecule has 0 radical (unpaired) electrons. The van der Waals surface area contributed by atoms with E-state index in [0.29, 0.717) is 54.1 Å². The highest BCUT2D eigenvalue weighted by molar-refractivity contribution is 7.72. The lowest BCUT2D eigenvalue weighted by Gasteiger charge is -2.38. The SMILES string of the molecule is COC(=O)N[C@H](C(=O)Nc1cccc(F)c1CCC1CN(C)C(CCC[SH](=O)=O)CN1)[C@@H](c1ccc(Cl)cc1)c1ccc(=O)n(C(C)C)c1. The number of amides is 2. The van der Waals surface area contributed by atoms with Crippen LogP contribution in [0.25, 0.3) is 0 Å². The van der Waals surface area contributed by atoms with Crippen LogP contribution in [0.5, 0.6) is 0 Å².